The lowest BCUT2D eigenvalue weighted by atomic mass is 9.97. The van der Waals surface area contributed by atoms with Crippen molar-refractivity contribution < 1.29 is 9.90 Å². The minimum absolute atomic E-state index is 0.00456. The molecule has 3 aromatic rings. The second-order valence-electron chi connectivity index (χ2n) is 6.61. The van der Waals surface area contributed by atoms with Crippen LogP contribution in [0, 0.1) is 0 Å². The average molecular weight is 335 g/mol. The Morgan fingerprint density at radius 2 is 2.04 bits per heavy atom. The molecule has 1 saturated heterocycles. The zero-order valence-corrected chi connectivity index (χ0v) is 14.2. The Bertz CT molecular complexity index is 913. The lowest BCUT2D eigenvalue weighted by Gasteiger charge is -2.28. The van der Waals surface area contributed by atoms with Crippen molar-refractivity contribution >= 4 is 16.7 Å². The van der Waals surface area contributed by atoms with Crippen LogP contribution in [-0.2, 0) is 11.8 Å². The van der Waals surface area contributed by atoms with Crippen LogP contribution in [0.4, 0.5) is 0 Å². The molecular weight excluding hydrogens is 314 g/mol. The van der Waals surface area contributed by atoms with Crippen LogP contribution in [0.2, 0.25) is 0 Å². The summed E-state index contributed by atoms with van der Waals surface area (Å²) in [6.45, 7) is 0.671. The van der Waals surface area contributed by atoms with Gasteiger partial charge in [-0.3, -0.25) is 9.48 Å². The van der Waals surface area contributed by atoms with E-state index in [4.69, 9.17) is 0 Å². The zero-order chi connectivity index (χ0) is 17.4. The number of hydrogen-bond donors (Lipinski definition) is 1. The van der Waals surface area contributed by atoms with Crippen molar-refractivity contribution in [1.82, 2.24) is 14.7 Å². The summed E-state index contributed by atoms with van der Waals surface area (Å²) in [4.78, 5) is 14.7. The van der Waals surface area contributed by atoms with Gasteiger partial charge in [0.25, 0.3) is 5.91 Å². The van der Waals surface area contributed by atoms with Gasteiger partial charge in [-0.15, -0.1) is 0 Å². The van der Waals surface area contributed by atoms with Gasteiger partial charge in [0.1, 0.15) is 0 Å². The molecule has 0 aliphatic carbocycles. The Kier molecular flexibility index (Phi) is 4.01. The molecule has 4 rings (SSSR count). The standard InChI is InChI=1S/C20H21N3O2/c1-22-13-15(12-21-22)19(24)20(25)23-11-5-10-18(23)17-9-4-7-14-6-2-3-8-16(14)17/h2-4,6-9,12-13,18-19,24H,5,10-11H2,1H3. The number of carbonyl (C=O) groups is 1. The molecule has 2 unspecified atom stereocenters. The van der Waals surface area contributed by atoms with Gasteiger partial charge in [0.05, 0.1) is 12.2 Å². The molecule has 0 saturated carbocycles. The van der Waals surface area contributed by atoms with Gasteiger partial charge in [0, 0.05) is 25.4 Å². The third-order valence-corrected chi connectivity index (χ3v) is 4.99. The average Bonchev–Trinajstić information content (AvgIpc) is 3.29. The number of aromatic nitrogens is 2. The highest BCUT2D eigenvalue weighted by atomic mass is 16.3. The highest BCUT2D eigenvalue weighted by molar-refractivity contribution is 5.88. The van der Waals surface area contributed by atoms with E-state index in [1.807, 2.05) is 23.1 Å². The van der Waals surface area contributed by atoms with Crippen molar-refractivity contribution in [2.45, 2.75) is 25.0 Å². The Morgan fingerprint density at radius 3 is 2.84 bits per heavy atom. The fourth-order valence-electron chi connectivity index (χ4n) is 3.78. The number of likely N-dealkylation sites (tertiary alicyclic amines) is 1. The topological polar surface area (TPSA) is 58.4 Å². The molecule has 1 N–H and O–H groups in total. The van der Waals surface area contributed by atoms with Gasteiger partial charge in [0.15, 0.2) is 6.10 Å². The molecule has 5 heteroatoms. The molecular formula is C20H21N3O2. The van der Waals surface area contributed by atoms with Crippen molar-refractivity contribution in [3.63, 3.8) is 0 Å². The van der Waals surface area contributed by atoms with Crippen molar-refractivity contribution in [3.8, 4) is 0 Å². The predicted octanol–water partition coefficient (Wildman–Crippen LogP) is 2.97. The van der Waals surface area contributed by atoms with E-state index in [9.17, 15) is 9.90 Å². The third-order valence-electron chi connectivity index (χ3n) is 4.99. The van der Waals surface area contributed by atoms with E-state index in [2.05, 4.69) is 29.4 Å². The molecule has 0 bridgehead atoms. The Hall–Kier alpha value is -2.66. The summed E-state index contributed by atoms with van der Waals surface area (Å²) in [7, 11) is 1.77. The van der Waals surface area contributed by atoms with Crippen LogP contribution in [0.1, 0.15) is 36.1 Å². The van der Waals surface area contributed by atoms with Gasteiger partial charge in [0.2, 0.25) is 0 Å². The summed E-state index contributed by atoms with van der Waals surface area (Å²) in [6, 6.07) is 14.5. The minimum Gasteiger partial charge on any atom is -0.378 e. The molecule has 2 aromatic carbocycles. The van der Waals surface area contributed by atoms with E-state index in [1.165, 1.54) is 10.8 Å². The van der Waals surface area contributed by atoms with Crippen LogP contribution in [0.3, 0.4) is 0 Å². The second-order valence-corrected chi connectivity index (χ2v) is 6.61. The fourth-order valence-corrected chi connectivity index (χ4v) is 3.78. The minimum atomic E-state index is -1.16. The lowest BCUT2D eigenvalue weighted by molar-refractivity contribution is -0.141. The number of aliphatic hydroxyl groups excluding tert-OH is 1. The number of amides is 1. The summed E-state index contributed by atoms with van der Waals surface area (Å²) in [5, 5.41) is 16.9. The molecule has 0 spiro atoms. The van der Waals surface area contributed by atoms with Crippen LogP contribution in [0.25, 0.3) is 10.8 Å². The van der Waals surface area contributed by atoms with E-state index in [-0.39, 0.29) is 11.9 Å². The molecule has 2 heterocycles. The summed E-state index contributed by atoms with van der Waals surface area (Å²) in [6.07, 6.45) is 3.93. The first kappa shape index (κ1) is 15.8. The third kappa shape index (κ3) is 2.81. The van der Waals surface area contributed by atoms with Crippen molar-refractivity contribution in [2.75, 3.05) is 6.54 Å². The number of fused-ring (bicyclic) bond motifs is 1. The summed E-state index contributed by atoms with van der Waals surface area (Å²) in [5.41, 5.74) is 1.69. The van der Waals surface area contributed by atoms with Gasteiger partial charge in [-0.05, 0) is 29.2 Å². The van der Waals surface area contributed by atoms with Gasteiger partial charge < -0.3 is 10.0 Å². The predicted molar refractivity (Wildman–Crippen MR) is 95.8 cm³/mol. The smallest absolute Gasteiger partial charge is 0.256 e. The van der Waals surface area contributed by atoms with E-state index >= 15 is 0 Å². The maximum atomic E-state index is 12.9. The molecule has 5 nitrogen and oxygen atoms in total. The van der Waals surface area contributed by atoms with E-state index in [0.29, 0.717) is 12.1 Å². The molecule has 25 heavy (non-hydrogen) atoms. The lowest BCUT2D eigenvalue weighted by Crippen LogP contribution is -2.34. The molecule has 2 atom stereocenters. The van der Waals surface area contributed by atoms with Crippen LogP contribution in [-0.4, -0.2) is 32.2 Å². The first-order chi connectivity index (χ1) is 12.1. The van der Waals surface area contributed by atoms with Crippen molar-refractivity contribution in [1.29, 1.82) is 0 Å². The Morgan fingerprint density at radius 1 is 1.24 bits per heavy atom. The number of aliphatic hydroxyl groups is 1. The first-order valence-electron chi connectivity index (χ1n) is 8.60. The molecule has 0 radical (unpaired) electrons. The maximum Gasteiger partial charge on any atom is 0.256 e. The van der Waals surface area contributed by atoms with E-state index in [0.717, 1.165) is 18.4 Å². The molecule has 1 aromatic heterocycles. The number of benzene rings is 2. The Balaban J connectivity index is 1.67. The number of rotatable bonds is 3. The first-order valence-corrected chi connectivity index (χ1v) is 8.60. The molecule has 1 amide bonds. The molecule has 1 fully saturated rings. The largest absolute Gasteiger partial charge is 0.378 e. The fraction of sp³-hybridized carbons (Fsp3) is 0.300. The van der Waals surface area contributed by atoms with E-state index < -0.39 is 6.10 Å². The quantitative estimate of drug-likeness (QED) is 0.800. The monoisotopic (exact) mass is 335 g/mol. The summed E-state index contributed by atoms with van der Waals surface area (Å²) < 4.78 is 1.60. The highest BCUT2D eigenvalue weighted by Crippen LogP contribution is 2.37. The highest BCUT2D eigenvalue weighted by Gasteiger charge is 2.34. The normalized spacial score (nSPS) is 18.6. The second kappa shape index (κ2) is 6.33. The van der Waals surface area contributed by atoms with Crippen LogP contribution in [0.5, 0.6) is 0 Å². The van der Waals surface area contributed by atoms with Gasteiger partial charge >= 0.3 is 0 Å². The van der Waals surface area contributed by atoms with Crippen LogP contribution >= 0.6 is 0 Å². The zero-order valence-electron chi connectivity index (χ0n) is 14.2. The number of nitrogens with zero attached hydrogens (tertiary/aromatic N) is 3. The van der Waals surface area contributed by atoms with Gasteiger partial charge in [-0.2, -0.15) is 5.10 Å². The van der Waals surface area contributed by atoms with Gasteiger partial charge in [-0.1, -0.05) is 42.5 Å². The Labute approximate surface area is 146 Å². The molecule has 1 aliphatic rings. The van der Waals surface area contributed by atoms with Crippen LogP contribution < -0.4 is 0 Å². The molecule has 128 valence electrons. The number of carbonyl (C=O) groups excluding carboxylic acids is 1. The SMILES string of the molecule is Cn1cc(C(O)C(=O)N2CCCC2c2cccc3ccccc23)cn1. The number of hydrogen-bond acceptors (Lipinski definition) is 3. The maximum absolute atomic E-state index is 12.9. The van der Waals surface area contributed by atoms with Gasteiger partial charge in [-0.25, -0.2) is 0 Å². The number of aryl methyl sites for hydroxylation is 1. The van der Waals surface area contributed by atoms with Crippen molar-refractivity contribution in [2.24, 2.45) is 7.05 Å². The summed E-state index contributed by atoms with van der Waals surface area (Å²) >= 11 is 0. The van der Waals surface area contributed by atoms with Crippen molar-refractivity contribution in [3.05, 3.63) is 66.0 Å². The molecule has 1 aliphatic heterocycles. The van der Waals surface area contributed by atoms with Crippen LogP contribution in [0.15, 0.2) is 54.9 Å². The summed E-state index contributed by atoms with van der Waals surface area (Å²) in [5.74, 6) is -0.247. The van der Waals surface area contributed by atoms with E-state index in [1.54, 1.807) is 24.1 Å².